The molecule has 1 nitrogen and oxygen atoms in total. The van der Waals surface area contributed by atoms with Gasteiger partial charge in [-0.2, -0.15) is 4.57 Å². The first-order valence-corrected chi connectivity index (χ1v) is 3.72. The van der Waals surface area contributed by atoms with Crippen molar-refractivity contribution in [3.8, 4) is 0 Å². The second-order valence-electron chi connectivity index (χ2n) is 1.44. The molecule has 1 aromatic rings. The summed E-state index contributed by atoms with van der Waals surface area (Å²) in [5.74, 6) is 0. The van der Waals surface area contributed by atoms with Gasteiger partial charge in [0.2, 0.25) is 0 Å². The smallest absolute Gasteiger partial charge is 0.179 e. The van der Waals surface area contributed by atoms with Crippen molar-refractivity contribution < 1.29 is 4.57 Å². The average Bonchev–Trinajstić information content (AvgIpc) is 2.14. The minimum Gasteiger partial charge on any atom is -0.179 e. The van der Waals surface area contributed by atoms with Gasteiger partial charge in [-0.3, -0.25) is 0 Å². The number of halogens is 1. The molecule has 0 aliphatic carbocycles. The lowest BCUT2D eigenvalue weighted by atomic mass is 10.7. The van der Waals surface area contributed by atoms with Gasteiger partial charge in [0.05, 0.1) is 5.38 Å². The van der Waals surface area contributed by atoms with Crippen LogP contribution >= 0.6 is 22.9 Å². The zero-order valence-electron chi connectivity index (χ0n) is 4.60. The normalized spacial score (nSPS) is 9.75. The van der Waals surface area contributed by atoms with E-state index in [0.717, 1.165) is 11.0 Å². The molecule has 1 heterocycles. The Balaban J connectivity index is 2.92. The van der Waals surface area contributed by atoms with Gasteiger partial charge in [0.1, 0.15) is 6.54 Å². The molecule has 0 radical (unpaired) electrons. The van der Waals surface area contributed by atoms with Crippen molar-refractivity contribution >= 4 is 22.9 Å². The van der Waals surface area contributed by atoms with E-state index < -0.39 is 0 Å². The average molecular weight is 149 g/mol. The molecule has 8 heavy (non-hydrogen) atoms. The molecular formula is C5H7ClNS+. The number of hydrogen-bond acceptors (Lipinski definition) is 1. The number of hydrogen-bond donors (Lipinski definition) is 0. The zero-order chi connectivity index (χ0) is 5.98. The van der Waals surface area contributed by atoms with Gasteiger partial charge in [-0.1, -0.05) is 11.3 Å². The van der Waals surface area contributed by atoms with Crippen LogP contribution in [0.2, 0.25) is 4.47 Å². The van der Waals surface area contributed by atoms with E-state index in [-0.39, 0.29) is 0 Å². The molecule has 0 aliphatic rings. The van der Waals surface area contributed by atoms with Gasteiger partial charge in [-0.25, -0.2) is 0 Å². The van der Waals surface area contributed by atoms with Crippen molar-refractivity contribution in [2.45, 2.75) is 13.5 Å². The maximum absolute atomic E-state index is 5.72. The molecule has 0 fully saturated rings. The van der Waals surface area contributed by atoms with Crippen LogP contribution in [0.25, 0.3) is 0 Å². The molecule has 0 aromatic carbocycles. The van der Waals surface area contributed by atoms with Gasteiger partial charge in [0.25, 0.3) is 0 Å². The van der Waals surface area contributed by atoms with Crippen molar-refractivity contribution in [2.75, 3.05) is 0 Å². The SMILES string of the molecule is CC[n+]1ccsc1Cl. The van der Waals surface area contributed by atoms with E-state index in [1.165, 1.54) is 0 Å². The molecule has 0 bridgehead atoms. The molecule has 1 aromatic heterocycles. The van der Waals surface area contributed by atoms with Gasteiger partial charge in [0, 0.05) is 11.6 Å². The highest BCUT2D eigenvalue weighted by Crippen LogP contribution is 2.07. The molecule has 0 saturated heterocycles. The maximum Gasteiger partial charge on any atom is 0.333 e. The Morgan fingerprint density at radius 3 is 2.88 bits per heavy atom. The highest BCUT2D eigenvalue weighted by molar-refractivity contribution is 7.13. The van der Waals surface area contributed by atoms with Crippen LogP contribution in [0, 0.1) is 0 Å². The largest absolute Gasteiger partial charge is 0.333 e. The second kappa shape index (κ2) is 2.46. The predicted molar refractivity (Wildman–Crippen MR) is 35.2 cm³/mol. The van der Waals surface area contributed by atoms with Crippen LogP contribution in [0.5, 0.6) is 0 Å². The number of thiazole rings is 1. The summed E-state index contributed by atoms with van der Waals surface area (Å²) >= 11 is 7.28. The first-order valence-electron chi connectivity index (χ1n) is 2.47. The lowest BCUT2D eigenvalue weighted by molar-refractivity contribution is -0.686. The van der Waals surface area contributed by atoms with Crippen LogP contribution in [-0.2, 0) is 6.54 Å². The van der Waals surface area contributed by atoms with E-state index >= 15 is 0 Å². The van der Waals surface area contributed by atoms with Gasteiger partial charge < -0.3 is 0 Å². The van der Waals surface area contributed by atoms with Crippen molar-refractivity contribution in [3.63, 3.8) is 0 Å². The summed E-state index contributed by atoms with van der Waals surface area (Å²) < 4.78 is 2.85. The fourth-order valence-corrected chi connectivity index (χ4v) is 1.49. The third-order valence-electron chi connectivity index (χ3n) is 0.973. The van der Waals surface area contributed by atoms with E-state index in [2.05, 4.69) is 6.92 Å². The molecular weight excluding hydrogens is 142 g/mol. The summed E-state index contributed by atoms with van der Waals surface area (Å²) in [4.78, 5) is 0. The first-order chi connectivity index (χ1) is 3.84. The number of aromatic nitrogens is 1. The molecule has 44 valence electrons. The number of rotatable bonds is 1. The maximum atomic E-state index is 5.72. The van der Waals surface area contributed by atoms with Gasteiger partial charge >= 0.3 is 4.47 Å². The van der Waals surface area contributed by atoms with E-state index in [9.17, 15) is 0 Å². The lowest BCUT2D eigenvalue weighted by Gasteiger charge is -1.80. The Kier molecular flexibility index (Phi) is 1.86. The van der Waals surface area contributed by atoms with Crippen molar-refractivity contribution in [3.05, 3.63) is 16.0 Å². The Bertz CT molecular complexity index is 173. The van der Waals surface area contributed by atoms with E-state index in [1.54, 1.807) is 11.3 Å². The topological polar surface area (TPSA) is 3.88 Å². The minimum atomic E-state index is 0.854. The van der Waals surface area contributed by atoms with Crippen molar-refractivity contribution in [1.29, 1.82) is 0 Å². The molecule has 0 unspecified atom stereocenters. The van der Waals surface area contributed by atoms with Crippen LogP contribution in [0.4, 0.5) is 0 Å². The highest BCUT2D eigenvalue weighted by Gasteiger charge is 2.03. The van der Waals surface area contributed by atoms with Gasteiger partial charge in [-0.05, 0) is 6.92 Å². The van der Waals surface area contributed by atoms with Crippen LogP contribution in [-0.4, -0.2) is 0 Å². The quantitative estimate of drug-likeness (QED) is 0.534. The zero-order valence-corrected chi connectivity index (χ0v) is 6.17. The molecule has 0 atom stereocenters. The van der Waals surface area contributed by atoms with E-state index in [4.69, 9.17) is 11.6 Å². The summed E-state index contributed by atoms with van der Waals surface area (Å²) in [6.45, 7) is 3.03. The van der Waals surface area contributed by atoms with Crippen molar-refractivity contribution in [1.82, 2.24) is 0 Å². The van der Waals surface area contributed by atoms with E-state index in [1.807, 2.05) is 16.1 Å². The number of nitrogens with zero attached hydrogens (tertiary/aromatic N) is 1. The van der Waals surface area contributed by atoms with E-state index in [0.29, 0.717) is 0 Å². The predicted octanol–water partition coefficient (Wildman–Crippen LogP) is 1.71. The third-order valence-corrected chi connectivity index (χ3v) is 2.14. The summed E-state index contributed by atoms with van der Waals surface area (Å²) in [6, 6.07) is 0. The first kappa shape index (κ1) is 6.05. The standard InChI is InChI=1S/C5H7ClNS/c1-2-7-3-4-8-5(7)6/h3-4H,2H2,1H3/q+1. The molecule has 0 aliphatic heterocycles. The monoisotopic (exact) mass is 148 g/mol. The van der Waals surface area contributed by atoms with Crippen molar-refractivity contribution in [2.24, 2.45) is 0 Å². The summed E-state index contributed by atoms with van der Waals surface area (Å²) in [5.41, 5.74) is 0. The molecule has 0 amide bonds. The number of aryl methyl sites for hydroxylation is 1. The molecule has 3 heteroatoms. The Labute approximate surface area is 57.5 Å². The van der Waals surface area contributed by atoms with Crippen LogP contribution in [0.3, 0.4) is 0 Å². The Morgan fingerprint density at radius 2 is 2.62 bits per heavy atom. The van der Waals surface area contributed by atoms with Crippen LogP contribution in [0.15, 0.2) is 11.6 Å². The molecule has 1 rings (SSSR count). The van der Waals surface area contributed by atoms with Crippen LogP contribution in [0.1, 0.15) is 6.92 Å². The summed E-state index contributed by atoms with van der Waals surface area (Å²) in [5, 5.41) is 1.98. The Morgan fingerprint density at radius 1 is 1.88 bits per heavy atom. The second-order valence-corrected chi connectivity index (χ2v) is 2.92. The Hall–Kier alpha value is -0.0800. The molecule has 0 saturated carbocycles. The van der Waals surface area contributed by atoms with Gasteiger partial charge in [-0.15, -0.1) is 0 Å². The fraction of sp³-hybridized carbons (Fsp3) is 0.400. The minimum absolute atomic E-state index is 0.854. The summed E-state index contributed by atoms with van der Waals surface area (Å²) in [6.07, 6.45) is 1.98. The molecule has 0 spiro atoms. The summed E-state index contributed by atoms with van der Waals surface area (Å²) in [7, 11) is 0. The third kappa shape index (κ3) is 1.01. The highest BCUT2D eigenvalue weighted by atomic mass is 35.5. The fourth-order valence-electron chi connectivity index (χ4n) is 0.516. The van der Waals surface area contributed by atoms with Gasteiger partial charge in [0.15, 0.2) is 6.20 Å². The lowest BCUT2D eigenvalue weighted by Crippen LogP contribution is -2.29. The molecule has 0 N–H and O–H groups in total. The van der Waals surface area contributed by atoms with Crippen LogP contribution < -0.4 is 4.57 Å².